The van der Waals surface area contributed by atoms with Crippen LogP contribution in [0.5, 0.6) is 0 Å². The van der Waals surface area contributed by atoms with Crippen LogP contribution < -0.4 is 10.6 Å². The van der Waals surface area contributed by atoms with E-state index >= 15 is 0 Å². The summed E-state index contributed by atoms with van der Waals surface area (Å²) < 4.78 is 5.31. The Bertz CT molecular complexity index is 560. The van der Waals surface area contributed by atoms with Gasteiger partial charge in [0.25, 0.3) is 0 Å². The van der Waals surface area contributed by atoms with E-state index in [4.69, 9.17) is 10.00 Å². The number of anilines is 1. The molecule has 0 aromatic heterocycles. The zero-order chi connectivity index (χ0) is 15.1. The van der Waals surface area contributed by atoms with Gasteiger partial charge in [0.1, 0.15) is 12.5 Å². The first-order chi connectivity index (χ1) is 10.2. The van der Waals surface area contributed by atoms with Gasteiger partial charge in [-0.1, -0.05) is 18.2 Å². The summed E-state index contributed by atoms with van der Waals surface area (Å²) in [5.41, 5.74) is 1.39. The molecule has 1 aromatic carbocycles. The molecule has 0 aliphatic carbocycles. The van der Waals surface area contributed by atoms with Gasteiger partial charge < -0.3 is 15.4 Å². The molecule has 0 radical (unpaired) electrons. The molecule has 21 heavy (non-hydrogen) atoms. The Morgan fingerprint density at radius 2 is 2.19 bits per heavy atom. The van der Waals surface area contributed by atoms with E-state index in [2.05, 4.69) is 10.6 Å². The van der Waals surface area contributed by atoms with E-state index < -0.39 is 0 Å². The van der Waals surface area contributed by atoms with Gasteiger partial charge in [-0.2, -0.15) is 5.26 Å². The van der Waals surface area contributed by atoms with Crippen LogP contribution in [-0.4, -0.2) is 24.5 Å². The van der Waals surface area contributed by atoms with E-state index in [1.165, 1.54) is 0 Å². The molecule has 1 saturated heterocycles. The molecule has 1 atom stereocenters. The van der Waals surface area contributed by atoms with Gasteiger partial charge in [-0.3, -0.25) is 9.59 Å². The molecular formula is C15H17N3O3. The van der Waals surface area contributed by atoms with Crippen molar-refractivity contribution in [2.75, 3.05) is 11.9 Å². The summed E-state index contributed by atoms with van der Waals surface area (Å²) in [4.78, 5) is 23.4. The number of hydrogen-bond donors (Lipinski definition) is 2. The SMILES string of the molecule is N#CCC(=O)Nc1ccccc1CNC(=O)C1CCCO1. The average molecular weight is 287 g/mol. The van der Waals surface area contributed by atoms with E-state index in [0.717, 1.165) is 18.4 Å². The Kier molecular flexibility index (Phi) is 5.29. The number of para-hydroxylation sites is 1. The predicted molar refractivity (Wildman–Crippen MR) is 76.1 cm³/mol. The zero-order valence-electron chi connectivity index (χ0n) is 11.6. The maximum Gasteiger partial charge on any atom is 0.249 e. The number of carbonyl (C=O) groups is 2. The van der Waals surface area contributed by atoms with Gasteiger partial charge in [-0.05, 0) is 24.5 Å². The number of rotatable bonds is 5. The topological polar surface area (TPSA) is 91.2 Å². The van der Waals surface area contributed by atoms with Crippen LogP contribution >= 0.6 is 0 Å². The van der Waals surface area contributed by atoms with E-state index in [-0.39, 0.29) is 24.3 Å². The Balaban J connectivity index is 1.94. The lowest BCUT2D eigenvalue weighted by atomic mass is 10.1. The van der Waals surface area contributed by atoms with Crippen molar-refractivity contribution in [2.24, 2.45) is 0 Å². The summed E-state index contributed by atoms with van der Waals surface area (Å²) in [5, 5.41) is 14.0. The van der Waals surface area contributed by atoms with E-state index in [0.29, 0.717) is 18.8 Å². The summed E-state index contributed by atoms with van der Waals surface area (Å²) in [5.74, 6) is -0.499. The Morgan fingerprint density at radius 3 is 2.90 bits per heavy atom. The third-order valence-corrected chi connectivity index (χ3v) is 3.21. The smallest absolute Gasteiger partial charge is 0.249 e. The van der Waals surface area contributed by atoms with Crippen LogP contribution in [0.25, 0.3) is 0 Å². The molecular weight excluding hydrogens is 270 g/mol. The van der Waals surface area contributed by atoms with Crippen molar-refractivity contribution >= 4 is 17.5 Å². The minimum absolute atomic E-state index is 0.134. The fourth-order valence-corrected chi connectivity index (χ4v) is 2.14. The van der Waals surface area contributed by atoms with Gasteiger partial charge in [0, 0.05) is 18.8 Å². The molecule has 1 aliphatic rings. The van der Waals surface area contributed by atoms with Gasteiger partial charge in [-0.15, -0.1) is 0 Å². The van der Waals surface area contributed by atoms with Crippen molar-refractivity contribution in [1.82, 2.24) is 5.32 Å². The van der Waals surface area contributed by atoms with Gasteiger partial charge in [0.15, 0.2) is 0 Å². The molecule has 6 heteroatoms. The van der Waals surface area contributed by atoms with Crippen LogP contribution in [0, 0.1) is 11.3 Å². The highest BCUT2D eigenvalue weighted by atomic mass is 16.5. The van der Waals surface area contributed by atoms with Gasteiger partial charge in [-0.25, -0.2) is 0 Å². The van der Waals surface area contributed by atoms with E-state index in [1.807, 2.05) is 12.1 Å². The number of benzene rings is 1. The fraction of sp³-hybridized carbons (Fsp3) is 0.400. The first kappa shape index (κ1) is 15.0. The molecule has 6 nitrogen and oxygen atoms in total. The van der Waals surface area contributed by atoms with Crippen molar-refractivity contribution in [3.05, 3.63) is 29.8 Å². The first-order valence-corrected chi connectivity index (χ1v) is 6.84. The van der Waals surface area contributed by atoms with Crippen molar-refractivity contribution in [3.63, 3.8) is 0 Å². The number of nitriles is 1. The normalized spacial score (nSPS) is 17.0. The van der Waals surface area contributed by atoms with Crippen LogP contribution in [0.4, 0.5) is 5.69 Å². The lowest BCUT2D eigenvalue weighted by Crippen LogP contribution is -2.33. The second-order valence-electron chi connectivity index (χ2n) is 4.76. The quantitative estimate of drug-likeness (QED) is 0.854. The number of carbonyl (C=O) groups excluding carboxylic acids is 2. The van der Waals surface area contributed by atoms with Crippen LogP contribution in [0.15, 0.2) is 24.3 Å². The number of nitrogens with one attached hydrogen (secondary N) is 2. The minimum Gasteiger partial charge on any atom is -0.368 e. The average Bonchev–Trinajstić information content (AvgIpc) is 3.00. The molecule has 1 aliphatic heterocycles. The molecule has 110 valence electrons. The number of amides is 2. The van der Waals surface area contributed by atoms with E-state index in [1.54, 1.807) is 18.2 Å². The number of hydrogen-bond acceptors (Lipinski definition) is 4. The highest BCUT2D eigenvalue weighted by Gasteiger charge is 2.23. The van der Waals surface area contributed by atoms with Gasteiger partial charge >= 0.3 is 0 Å². The summed E-state index contributed by atoms with van der Waals surface area (Å²) in [6.45, 7) is 0.931. The Labute approximate surface area is 123 Å². The molecule has 0 bridgehead atoms. The molecule has 2 N–H and O–H groups in total. The van der Waals surface area contributed by atoms with Gasteiger partial charge in [0.05, 0.1) is 6.07 Å². The first-order valence-electron chi connectivity index (χ1n) is 6.84. The molecule has 1 aromatic rings. The zero-order valence-corrected chi connectivity index (χ0v) is 11.6. The van der Waals surface area contributed by atoms with Crippen LogP contribution in [0.1, 0.15) is 24.8 Å². The summed E-state index contributed by atoms with van der Waals surface area (Å²) in [6, 6.07) is 8.96. The standard InChI is InChI=1S/C15H17N3O3/c16-8-7-14(19)18-12-5-2-1-4-11(12)10-17-15(20)13-6-3-9-21-13/h1-2,4-5,13H,3,6-7,9-10H2,(H,17,20)(H,18,19). The molecule has 2 rings (SSSR count). The highest BCUT2D eigenvalue weighted by Crippen LogP contribution is 2.16. The second kappa shape index (κ2) is 7.41. The third-order valence-electron chi connectivity index (χ3n) is 3.21. The summed E-state index contributed by atoms with van der Waals surface area (Å²) in [6.07, 6.45) is 1.08. The third kappa shape index (κ3) is 4.29. The van der Waals surface area contributed by atoms with Crippen LogP contribution in [0.3, 0.4) is 0 Å². The van der Waals surface area contributed by atoms with Crippen molar-refractivity contribution in [3.8, 4) is 6.07 Å². The minimum atomic E-state index is -0.370. The van der Waals surface area contributed by atoms with E-state index in [9.17, 15) is 9.59 Å². The molecule has 1 heterocycles. The predicted octanol–water partition coefficient (Wildman–Crippen LogP) is 1.33. The molecule has 0 spiro atoms. The monoisotopic (exact) mass is 287 g/mol. The Hall–Kier alpha value is -2.39. The molecule has 1 fully saturated rings. The molecule has 1 unspecified atom stereocenters. The van der Waals surface area contributed by atoms with Crippen LogP contribution in [0.2, 0.25) is 0 Å². The second-order valence-corrected chi connectivity index (χ2v) is 4.76. The number of ether oxygens (including phenoxy) is 1. The lowest BCUT2D eigenvalue weighted by molar-refractivity contribution is -0.130. The summed E-state index contributed by atoms with van der Waals surface area (Å²) >= 11 is 0. The van der Waals surface area contributed by atoms with Crippen molar-refractivity contribution in [2.45, 2.75) is 31.9 Å². The largest absolute Gasteiger partial charge is 0.368 e. The van der Waals surface area contributed by atoms with Crippen LogP contribution in [-0.2, 0) is 20.9 Å². The Morgan fingerprint density at radius 1 is 1.38 bits per heavy atom. The highest BCUT2D eigenvalue weighted by molar-refractivity contribution is 5.92. The maximum absolute atomic E-state index is 11.9. The fourth-order valence-electron chi connectivity index (χ4n) is 2.14. The van der Waals surface area contributed by atoms with Crippen molar-refractivity contribution in [1.29, 1.82) is 5.26 Å². The molecule has 0 saturated carbocycles. The van der Waals surface area contributed by atoms with Crippen molar-refractivity contribution < 1.29 is 14.3 Å². The lowest BCUT2D eigenvalue weighted by Gasteiger charge is -2.13. The van der Waals surface area contributed by atoms with Gasteiger partial charge in [0.2, 0.25) is 11.8 Å². The molecule has 2 amide bonds. The number of nitrogens with zero attached hydrogens (tertiary/aromatic N) is 1. The summed E-state index contributed by atoms with van der Waals surface area (Å²) in [7, 11) is 0. The maximum atomic E-state index is 11.9.